The van der Waals surface area contributed by atoms with Gasteiger partial charge in [0.15, 0.2) is 6.54 Å². The maximum absolute atomic E-state index is 11.0. The summed E-state index contributed by atoms with van der Waals surface area (Å²) in [6.07, 6.45) is 0.912. The lowest BCUT2D eigenvalue weighted by atomic mass is 10.1. The zero-order valence-electron chi connectivity index (χ0n) is 7.99. The molecular formula is C10H12N2O2. The highest BCUT2D eigenvalue weighted by atomic mass is 16.3. The Morgan fingerprint density at radius 2 is 2.29 bits per heavy atom. The van der Waals surface area contributed by atoms with Crippen LogP contribution < -0.4 is 5.32 Å². The van der Waals surface area contributed by atoms with Crippen molar-refractivity contribution in [3.63, 3.8) is 0 Å². The van der Waals surface area contributed by atoms with Gasteiger partial charge in [0.2, 0.25) is 5.91 Å². The lowest BCUT2D eigenvalue weighted by Crippen LogP contribution is -2.14. The standard InChI is InChI=1S/C10H12N2O2/c1-2-8-4-3-5-9(6-8)12-10(13)7-11-14/h3-6H,2,7H2,1H3,(H,12,13). The van der Waals surface area contributed by atoms with E-state index < -0.39 is 0 Å². The Balaban J connectivity index is 2.66. The average molecular weight is 192 g/mol. The number of nitrogens with one attached hydrogen (secondary N) is 1. The second kappa shape index (κ2) is 5.11. The minimum atomic E-state index is -0.381. The number of benzene rings is 1. The molecule has 1 amide bonds. The smallest absolute Gasteiger partial charge is 0.249 e. The van der Waals surface area contributed by atoms with E-state index in [-0.39, 0.29) is 12.5 Å². The van der Waals surface area contributed by atoms with Gasteiger partial charge in [0.25, 0.3) is 0 Å². The zero-order valence-corrected chi connectivity index (χ0v) is 7.99. The van der Waals surface area contributed by atoms with Crippen LogP contribution in [0.4, 0.5) is 5.69 Å². The minimum absolute atomic E-state index is 0.337. The SMILES string of the molecule is CCc1cccc(NC(=O)CN=O)c1. The first-order chi connectivity index (χ1) is 6.76. The Bertz CT molecular complexity index is 337. The maximum Gasteiger partial charge on any atom is 0.249 e. The van der Waals surface area contributed by atoms with E-state index in [1.807, 2.05) is 25.1 Å². The molecule has 1 N–H and O–H groups in total. The van der Waals surface area contributed by atoms with Gasteiger partial charge in [-0.1, -0.05) is 24.2 Å². The summed E-state index contributed by atoms with van der Waals surface area (Å²) in [5.41, 5.74) is 1.85. The highest BCUT2D eigenvalue weighted by Gasteiger charge is 2.01. The van der Waals surface area contributed by atoms with Crippen molar-refractivity contribution < 1.29 is 4.79 Å². The third-order valence-electron chi connectivity index (χ3n) is 1.83. The van der Waals surface area contributed by atoms with Gasteiger partial charge in [-0.2, -0.15) is 4.91 Å². The zero-order chi connectivity index (χ0) is 10.4. The van der Waals surface area contributed by atoms with Crippen molar-refractivity contribution in [3.8, 4) is 0 Å². The summed E-state index contributed by atoms with van der Waals surface area (Å²) in [4.78, 5) is 20.8. The van der Waals surface area contributed by atoms with E-state index in [0.717, 1.165) is 12.0 Å². The van der Waals surface area contributed by atoms with Gasteiger partial charge in [0.1, 0.15) is 0 Å². The molecule has 0 radical (unpaired) electrons. The molecule has 4 nitrogen and oxygen atoms in total. The first kappa shape index (κ1) is 10.4. The van der Waals surface area contributed by atoms with Crippen molar-refractivity contribution in [2.75, 3.05) is 11.9 Å². The quantitative estimate of drug-likeness (QED) is 0.741. The molecule has 4 heteroatoms. The van der Waals surface area contributed by atoms with E-state index in [4.69, 9.17) is 0 Å². The highest BCUT2D eigenvalue weighted by Crippen LogP contribution is 2.10. The average Bonchev–Trinajstić information content (AvgIpc) is 2.18. The molecule has 1 aromatic carbocycles. The second-order valence-corrected chi connectivity index (χ2v) is 2.89. The van der Waals surface area contributed by atoms with Crippen LogP contribution in [0.25, 0.3) is 0 Å². The molecule has 0 saturated carbocycles. The first-order valence-corrected chi connectivity index (χ1v) is 4.44. The summed E-state index contributed by atoms with van der Waals surface area (Å²) < 4.78 is 0. The van der Waals surface area contributed by atoms with E-state index in [1.165, 1.54) is 0 Å². The van der Waals surface area contributed by atoms with Crippen LogP contribution >= 0.6 is 0 Å². The topological polar surface area (TPSA) is 58.5 Å². The first-order valence-electron chi connectivity index (χ1n) is 4.44. The van der Waals surface area contributed by atoms with Crippen molar-refractivity contribution >= 4 is 11.6 Å². The van der Waals surface area contributed by atoms with E-state index in [9.17, 15) is 9.70 Å². The molecule has 0 aliphatic carbocycles. The van der Waals surface area contributed by atoms with Crippen LogP contribution in [0, 0.1) is 4.91 Å². The number of amides is 1. The van der Waals surface area contributed by atoms with Gasteiger partial charge in [-0.05, 0) is 24.1 Å². The summed E-state index contributed by atoms with van der Waals surface area (Å²) >= 11 is 0. The molecule has 0 aliphatic heterocycles. The molecule has 14 heavy (non-hydrogen) atoms. The maximum atomic E-state index is 11.0. The van der Waals surface area contributed by atoms with Gasteiger partial charge < -0.3 is 5.32 Å². The van der Waals surface area contributed by atoms with Crippen LogP contribution in [-0.2, 0) is 11.2 Å². The predicted molar refractivity (Wildman–Crippen MR) is 55.1 cm³/mol. The van der Waals surface area contributed by atoms with E-state index in [1.54, 1.807) is 6.07 Å². The van der Waals surface area contributed by atoms with Crippen LogP contribution in [0.3, 0.4) is 0 Å². The molecule has 0 unspecified atom stereocenters. The monoisotopic (exact) mass is 192 g/mol. The largest absolute Gasteiger partial charge is 0.324 e. The van der Waals surface area contributed by atoms with Crippen LogP contribution in [0.2, 0.25) is 0 Å². The van der Waals surface area contributed by atoms with Gasteiger partial charge in [-0.3, -0.25) is 4.79 Å². The summed E-state index contributed by atoms with van der Waals surface area (Å²) in [6.45, 7) is 1.70. The lowest BCUT2D eigenvalue weighted by Gasteiger charge is -2.03. The van der Waals surface area contributed by atoms with Gasteiger partial charge >= 0.3 is 0 Å². The minimum Gasteiger partial charge on any atom is -0.324 e. The number of nitroso groups, excluding NO2 is 1. The summed E-state index contributed by atoms with van der Waals surface area (Å²) in [7, 11) is 0. The number of hydrogen-bond acceptors (Lipinski definition) is 3. The van der Waals surface area contributed by atoms with Crippen molar-refractivity contribution in [2.24, 2.45) is 5.18 Å². The van der Waals surface area contributed by atoms with Crippen LogP contribution in [0.15, 0.2) is 29.4 Å². The van der Waals surface area contributed by atoms with Gasteiger partial charge in [0, 0.05) is 5.69 Å². The van der Waals surface area contributed by atoms with Crippen molar-refractivity contribution in [1.82, 2.24) is 0 Å². The van der Waals surface area contributed by atoms with Crippen LogP contribution in [0.1, 0.15) is 12.5 Å². The molecule has 0 heterocycles. The van der Waals surface area contributed by atoms with Crippen LogP contribution in [0.5, 0.6) is 0 Å². The van der Waals surface area contributed by atoms with E-state index in [2.05, 4.69) is 10.5 Å². The normalized spacial score (nSPS) is 9.50. The number of aryl methyl sites for hydroxylation is 1. The number of carbonyl (C=O) groups excluding carboxylic acids is 1. The molecule has 0 saturated heterocycles. The van der Waals surface area contributed by atoms with Gasteiger partial charge in [-0.25, -0.2) is 0 Å². The van der Waals surface area contributed by atoms with Crippen LogP contribution in [-0.4, -0.2) is 12.5 Å². The molecule has 1 aromatic rings. The Hall–Kier alpha value is -1.71. The predicted octanol–water partition coefficient (Wildman–Crippen LogP) is 1.95. The third-order valence-corrected chi connectivity index (χ3v) is 1.83. The Morgan fingerprint density at radius 3 is 2.93 bits per heavy atom. The van der Waals surface area contributed by atoms with Gasteiger partial charge in [0.05, 0.1) is 0 Å². The molecule has 0 spiro atoms. The number of carbonyl (C=O) groups is 1. The van der Waals surface area contributed by atoms with E-state index >= 15 is 0 Å². The molecule has 0 atom stereocenters. The number of hydrogen-bond donors (Lipinski definition) is 1. The number of anilines is 1. The Labute approximate surface area is 82.3 Å². The fourth-order valence-corrected chi connectivity index (χ4v) is 1.13. The molecular weight excluding hydrogens is 180 g/mol. The Kier molecular flexibility index (Phi) is 3.79. The van der Waals surface area contributed by atoms with Crippen molar-refractivity contribution in [1.29, 1.82) is 0 Å². The third kappa shape index (κ3) is 2.97. The van der Waals surface area contributed by atoms with E-state index in [0.29, 0.717) is 5.69 Å². The molecule has 1 rings (SSSR count). The fourth-order valence-electron chi connectivity index (χ4n) is 1.13. The summed E-state index contributed by atoms with van der Waals surface area (Å²) in [6, 6.07) is 7.50. The molecule has 0 fully saturated rings. The molecule has 74 valence electrons. The summed E-state index contributed by atoms with van der Waals surface area (Å²) in [5.74, 6) is -0.381. The number of rotatable bonds is 4. The lowest BCUT2D eigenvalue weighted by molar-refractivity contribution is -0.114. The molecule has 0 aromatic heterocycles. The van der Waals surface area contributed by atoms with Gasteiger partial charge in [-0.15, -0.1) is 0 Å². The number of nitrogens with zero attached hydrogens (tertiary/aromatic N) is 1. The molecule has 0 bridgehead atoms. The highest BCUT2D eigenvalue weighted by molar-refractivity contribution is 5.92. The fraction of sp³-hybridized carbons (Fsp3) is 0.300. The Morgan fingerprint density at radius 1 is 1.50 bits per heavy atom. The summed E-state index contributed by atoms with van der Waals surface area (Å²) in [5, 5.41) is 5.10. The van der Waals surface area contributed by atoms with Crippen molar-refractivity contribution in [2.45, 2.75) is 13.3 Å². The molecule has 0 aliphatic rings. The van der Waals surface area contributed by atoms with Crippen molar-refractivity contribution in [3.05, 3.63) is 34.7 Å². The second-order valence-electron chi connectivity index (χ2n) is 2.89.